The SMILES string of the molecule is CCC(C)(C)/C=C/C1CCCN2CCCC12. The summed E-state index contributed by atoms with van der Waals surface area (Å²) in [6.07, 6.45) is 11.9. The Labute approximate surface area is 101 Å². The van der Waals surface area contributed by atoms with E-state index < -0.39 is 0 Å². The summed E-state index contributed by atoms with van der Waals surface area (Å²) in [5.41, 5.74) is 0.390. The van der Waals surface area contributed by atoms with E-state index in [0.717, 1.165) is 12.0 Å². The molecule has 0 aliphatic carbocycles. The van der Waals surface area contributed by atoms with E-state index in [-0.39, 0.29) is 0 Å². The molecule has 2 atom stereocenters. The summed E-state index contributed by atoms with van der Waals surface area (Å²) in [5.74, 6) is 0.835. The van der Waals surface area contributed by atoms with Crippen LogP contribution in [0.1, 0.15) is 52.9 Å². The van der Waals surface area contributed by atoms with Crippen molar-refractivity contribution in [2.45, 2.75) is 58.9 Å². The van der Waals surface area contributed by atoms with Crippen molar-refractivity contribution in [3.8, 4) is 0 Å². The molecule has 0 spiro atoms. The highest BCUT2D eigenvalue weighted by molar-refractivity contribution is 5.03. The molecule has 2 saturated heterocycles. The zero-order valence-electron chi connectivity index (χ0n) is 11.2. The Balaban J connectivity index is 1.98. The second-order valence-electron chi connectivity index (χ2n) is 6.25. The molecule has 16 heavy (non-hydrogen) atoms. The van der Waals surface area contributed by atoms with Crippen molar-refractivity contribution in [2.24, 2.45) is 11.3 Å². The van der Waals surface area contributed by atoms with E-state index in [1.165, 1.54) is 45.2 Å². The smallest absolute Gasteiger partial charge is 0.0158 e. The third-order valence-electron chi connectivity index (χ3n) is 4.60. The summed E-state index contributed by atoms with van der Waals surface area (Å²) in [5, 5.41) is 0. The number of allylic oxidation sites excluding steroid dienone is 1. The maximum Gasteiger partial charge on any atom is 0.0158 e. The van der Waals surface area contributed by atoms with Crippen LogP contribution in [-0.2, 0) is 0 Å². The number of hydrogen-bond donors (Lipinski definition) is 0. The molecule has 2 heterocycles. The topological polar surface area (TPSA) is 3.24 Å². The van der Waals surface area contributed by atoms with E-state index in [2.05, 4.69) is 37.8 Å². The zero-order chi connectivity index (χ0) is 11.6. The normalized spacial score (nSPS) is 32.2. The molecule has 0 amide bonds. The Hall–Kier alpha value is -0.300. The molecule has 1 nitrogen and oxygen atoms in total. The van der Waals surface area contributed by atoms with Gasteiger partial charge in [0, 0.05) is 6.04 Å². The number of fused-ring (bicyclic) bond motifs is 1. The van der Waals surface area contributed by atoms with Gasteiger partial charge in [0.2, 0.25) is 0 Å². The van der Waals surface area contributed by atoms with Crippen molar-refractivity contribution < 1.29 is 0 Å². The van der Waals surface area contributed by atoms with Crippen LogP contribution in [0.25, 0.3) is 0 Å². The number of rotatable bonds is 3. The van der Waals surface area contributed by atoms with E-state index in [0.29, 0.717) is 5.41 Å². The summed E-state index contributed by atoms with van der Waals surface area (Å²) in [6, 6.07) is 0.873. The quantitative estimate of drug-likeness (QED) is 0.654. The number of hydrogen-bond acceptors (Lipinski definition) is 1. The molecule has 0 N–H and O–H groups in total. The summed E-state index contributed by atoms with van der Waals surface area (Å²) in [7, 11) is 0. The van der Waals surface area contributed by atoms with E-state index in [1.807, 2.05) is 0 Å². The maximum absolute atomic E-state index is 2.72. The number of nitrogens with zero attached hydrogens (tertiary/aromatic N) is 1. The van der Waals surface area contributed by atoms with Gasteiger partial charge in [-0.3, -0.25) is 4.90 Å². The predicted molar refractivity (Wildman–Crippen MR) is 70.5 cm³/mol. The molecule has 2 unspecified atom stereocenters. The molecule has 1 heteroatoms. The van der Waals surface area contributed by atoms with Crippen molar-refractivity contribution in [2.75, 3.05) is 13.1 Å². The van der Waals surface area contributed by atoms with Gasteiger partial charge >= 0.3 is 0 Å². The monoisotopic (exact) mass is 221 g/mol. The van der Waals surface area contributed by atoms with Crippen LogP contribution in [0.3, 0.4) is 0 Å². The third-order valence-corrected chi connectivity index (χ3v) is 4.60. The Kier molecular flexibility index (Phi) is 3.73. The first-order valence-corrected chi connectivity index (χ1v) is 7.06. The largest absolute Gasteiger partial charge is 0.300 e. The summed E-state index contributed by atoms with van der Waals surface area (Å²) in [4.78, 5) is 2.72. The average Bonchev–Trinajstić information content (AvgIpc) is 2.75. The molecule has 2 aliphatic rings. The lowest BCUT2D eigenvalue weighted by Gasteiger charge is -2.35. The summed E-state index contributed by atoms with van der Waals surface area (Å²) < 4.78 is 0. The average molecular weight is 221 g/mol. The van der Waals surface area contributed by atoms with Gasteiger partial charge in [-0.25, -0.2) is 0 Å². The third kappa shape index (κ3) is 2.68. The van der Waals surface area contributed by atoms with Gasteiger partial charge in [0.15, 0.2) is 0 Å². The molecule has 0 aromatic carbocycles. The van der Waals surface area contributed by atoms with E-state index in [9.17, 15) is 0 Å². The first-order chi connectivity index (χ1) is 7.62. The molecular formula is C15H27N. The fraction of sp³-hybridized carbons (Fsp3) is 0.867. The van der Waals surface area contributed by atoms with Crippen LogP contribution >= 0.6 is 0 Å². The van der Waals surface area contributed by atoms with Gasteiger partial charge in [-0.15, -0.1) is 0 Å². The highest BCUT2D eigenvalue weighted by Gasteiger charge is 2.33. The van der Waals surface area contributed by atoms with Gasteiger partial charge in [0.05, 0.1) is 0 Å². The predicted octanol–water partition coefficient (Wildman–Crippen LogP) is 3.85. The molecule has 2 aliphatic heterocycles. The maximum atomic E-state index is 2.72. The minimum absolute atomic E-state index is 0.390. The van der Waals surface area contributed by atoms with Crippen molar-refractivity contribution in [3.05, 3.63) is 12.2 Å². The van der Waals surface area contributed by atoms with Crippen molar-refractivity contribution in [1.82, 2.24) is 4.90 Å². The summed E-state index contributed by atoms with van der Waals surface area (Å²) in [6.45, 7) is 9.68. The minimum Gasteiger partial charge on any atom is -0.300 e. The Morgan fingerprint density at radius 1 is 1.19 bits per heavy atom. The van der Waals surface area contributed by atoms with Crippen LogP contribution < -0.4 is 0 Å². The summed E-state index contributed by atoms with van der Waals surface area (Å²) >= 11 is 0. The van der Waals surface area contributed by atoms with Gasteiger partial charge < -0.3 is 0 Å². The van der Waals surface area contributed by atoms with Crippen LogP contribution in [0.4, 0.5) is 0 Å². The minimum atomic E-state index is 0.390. The first-order valence-electron chi connectivity index (χ1n) is 7.06. The Morgan fingerprint density at radius 3 is 2.56 bits per heavy atom. The van der Waals surface area contributed by atoms with Crippen LogP contribution in [0.2, 0.25) is 0 Å². The molecule has 92 valence electrons. The number of piperidine rings is 1. The van der Waals surface area contributed by atoms with Gasteiger partial charge in [-0.1, -0.05) is 32.9 Å². The molecule has 2 fully saturated rings. The lowest BCUT2D eigenvalue weighted by Crippen LogP contribution is -2.39. The molecule has 0 aromatic rings. The highest BCUT2D eigenvalue weighted by Crippen LogP contribution is 2.33. The fourth-order valence-electron chi connectivity index (χ4n) is 3.06. The first kappa shape index (κ1) is 12.2. The second kappa shape index (κ2) is 4.91. The zero-order valence-corrected chi connectivity index (χ0v) is 11.2. The lowest BCUT2D eigenvalue weighted by molar-refractivity contribution is 0.158. The van der Waals surface area contributed by atoms with E-state index in [4.69, 9.17) is 0 Å². The van der Waals surface area contributed by atoms with Gasteiger partial charge in [-0.2, -0.15) is 0 Å². The van der Waals surface area contributed by atoms with Crippen LogP contribution in [0.5, 0.6) is 0 Å². The van der Waals surface area contributed by atoms with Gasteiger partial charge in [0.25, 0.3) is 0 Å². The highest BCUT2D eigenvalue weighted by atomic mass is 15.2. The van der Waals surface area contributed by atoms with Gasteiger partial charge in [0.1, 0.15) is 0 Å². The molecular weight excluding hydrogens is 194 g/mol. The van der Waals surface area contributed by atoms with Crippen LogP contribution in [0.15, 0.2) is 12.2 Å². The standard InChI is InChI=1S/C15H27N/c1-4-15(2,3)10-9-13-7-5-11-16-12-6-8-14(13)16/h9-10,13-14H,4-8,11-12H2,1-3H3/b10-9+. The Bertz CT molecular complexity index is 254. The van der Waals surface area contributed by atoms with Gasteiger partial charge in [-0.05, 0) is 56.5 Å². The van der Waals surface area contributed by atoms with E-state index in [1.54, 1.807) is 0 Å². The van der Waals surface area contributed by atoms with Crippen molar-refractivity contribution in [1.29, 1.82) is 0 Å². The molecule has 0 bridgehead atoms. The Morgan fingerprint density at radius 2 is 1.88 bits per heavy atom. The van der Waals surface area contributed by atoms with Crippen LogP contribution in [0, 0.1) is 11.3 Å². The van der Waals surface area contributed by atoms with Crippen molar-refractivity contribution in [3.63, 3.8) is 0 Å². The second-order valence-corrected chi connectivity index (χ2v) is 6.25. The molecule has 0 radical (unpaired) electrons. The fourth-order valence-corrected chi connectivity index (χ4v) is 3.06. The molecule has 2 rings (SSSR count). The molecule has 0 saturated carbocycles. The lowest BCUT2D eigenvalue weighted by atomic mass is 9.84. The van der Waals surface area contributed by atoms with E-state index >= 15 is 0 Å². The molecule has 0 aromatic heterocycles. The van der Waals surface area contributed by atoms with Crippen LogP contribution in [-0.4, -0.2) is 24.0 Å². The van der Waals surface area contributed by atoms with Crippen molar-refractivity contribution >= 4 is 0 Å².